The Morgan fingerprint density at radius 3 is 2.50 bits per heavy atom. The largest absolute Gasteiger partial charge is 0.493 e. The van der Waals surface area contributed by atoms with Crippen molar-refractivity contribution >= 4 is 27.5 Å². The van der Waals surface area contributed by atoms with E-state index in [4.69, 9.17) is 9.47 Å². The number of halogens is 1. The number of carbonyl (C=O) groups is 1. The van der Waals surface area contributed by atoms with Crippen LogP contribution in [0.25, 0.3) is 0 Å². The van der Waals surface area contributed by atoms with Crippen LogP contribution in [0, 0.1) is 0 Å². The summed E-state index contributed by atoms with van der Waals surface area (Å²) in [6.45, 7) is 1.18. The van der Waals surface area contributed by atoms with Gasteiger partial charge >= 0.3 is 0 Å². The summed E-state index contributed by atoms with van der Waals surface area (Å²) >= 11 is 3.37. The lowest BCUT2D eigenvalue weighted by atomic mass is 10.2. The molecule has 128 valence electrons. The maximum Gasteiger partial charge on any atom is 0.225 e. The van der Waals surface area contributed by atoms with Crippen molar-refractivity contribution < 1.29 is 14.3 Å². The summed E-state index contributed by atoms with van der Waals surface area (Å²) in [7, 11) is 3.23. The maximum absolute atomic E-state index is 11.9. The van der Waals surface area contributed by atoms with Crippen LogP contribution in [0.1, 0.15) is 12.0 Å². The molecule has 2 rings (SSSR count). The molecule has 0 heterocycles. The molecule has 0 radical (unpaired) electrons. The highest BCUT2D eigenvalue weighted by atomic mass is 79.9. The van der Waals surface area contributed by atoms with Gasteiger partial charge in [-0.05, 0) is 30.3 Å². The van der Waals surface area contributed by atoms with E-state index in [1.807, 2.05) is 42.5 Å². The van der Waals surface area contributed by atoms with Crippen LogP contribution in [0.15, 0.2) is 46.9 Å². The molecular weight excluding hydrogens is 372 g/mol. The molecule has 0 unspecified atom stereocenters. The van der Waals surface area contributed by atoms with Crippen molar-refractivity contribution in [1.29, 1.82) is 0 Å². The Kier molecular flexibility index (Phi) is 7.08. The first-order chi connectivity index (χ1) is 11.6. The minimum atomic E-state index is -0.0255. The predicted molar refractivity (Wildman–Crippen MR) is 98.6 cm³/mol. The molecule has 2 N–H and O–H groups in total. The Bertz CT molecular complexity index is 674. The third-order valence-electron chi connectivity index (χ3n) is 3.46. The highest BCUT2D eigenvalue weighted by Gasteiger charge is 2.09. The van der Waals surface area contributed by atoms with Crippen molar-refractivity contribution in [3.05, 3.63) is 52.5 Å². The summed E-state index contributed by atoms with van der Waals surface area (Å²) in [4.78, 5) is 11.9. The maximum atomic E-state index is 11.9. The fraction of sp³-hybridized carbons (Fsp3) is 0.278. The minimum Gasteiger partial charge on any atom is -0.493 e. The predicted octanol–water partition coefficient (Wildman–Crippen LogP) is 3.58. The lowest BCUT2D eigenvalue weighted by Crippen LogP contribution is -2.21. The summed E-state index contributed by atoms with van der Waals surface area (Å²) in [5.74, 6) is 1.39. The molecule has 1 amide bonds. The normalized spacial score (nSPS) is 10.3. The van der Waals surface area contributed by atoms with Gasteiger partial charge in [-0.1, -0.05) is 28.1 Å². The van der Waals surface area contributed by atoms with Gasteiger partial charge in [0.15, 0.2) is 11.5 Å². The number of nitrogens with one attached hydrogen (secondary N) is 2. The standard InChI is InChI=1S/C18H21BrN2O3/c1-23-16-5-3-4-13(18(16)24-2)12-20-11-10-17(22)21-15-8-6-14(19)7-9-15/h3-9,20H,10-12H2,1-2H3,(H,21,22). The third-order valence-corrected chi connectivity index (χ3v) is 3.99. The van der Waals surface area contributed by atoms with Crippen molar-refractivity contribution in [2.45, 2.75) is 13.0 Å². The van der Waals surface area contributed by atoms with E-state index in [1.54, 1.807) is 14.2 Å². The Hall–Kier alpha value is -2.05. The van der Waals surface area contributed by atoms with Gasteiger partial charge in [-0.3, -0.25) is 4.79 Å². The molecule has 0 aromatic heterocycles. The van der Waals surface area contributed by atoms with Gasteiger partial charge in [0, 0.05) is 35.2 Å². The van der Waals surface area contributed by atoms with E-state index in [9.17, 15) is 4.79 Å². The first kappa shape index (κ1) is 18.3. The average molecular weight is 393 g/mol. The van der Waals surface area contributed by atoms with E-state index >= 15 is 0 Å². The van der Waals surface area contributed by atoms with Gasteiger partial charge in [-0.2, -0.15) is 0 Å². The van der Waals surface area contributed by atoms with Gasteiger partial charge < -0.3 is 20.1 Å². The van der Waals surface area contributed by atoms with Crippen LogP contribution in [-0.4, -0.2) is 26.7 Å². The summed E-state index contributed by atoms with van der Waals surface area (Å²) < 4.78 is 11.6. The molecule has 0 saturated carbocycles. The number of amides is 1. The monoisotopic (exact) mass is 392 g/mol. The molecule has 5 nitrogen and oxygen atoms in total. The van der Waals surface area contributed by atoms with Crippen molar-refractivity contribution in [2.75, 3.05) is 26.1 Å². The molecule has 0 bridgehead atoms. The molecule has 0 aliphatic carbocycles. The molecule has 2 aromatic rings. The Morgan fingerprint density at radius 1 is 1.08 bits per heavy atom. The molecule has 0 aliphatic rings. The van der Waals surface area contributed by atoms with E-state index in [2.05, 4.69) is 26.6 Å². The SMILES string of the molecule is COc1cccc(CNCCC(=O)Nc2ccc(Br)cc2)c1OC. The molecule has 0 spiro atoms. The van der Waals surface area contributed by atoms with Gasteiger partial charge in [0.2, 0.25) is 5.91 Å². The van der Waals surface area contributed by atoms with Gasteiger partial charge in [0.1, 0.15) is 0 Å². The van der Waals surface area contributed by atoms with Crippen LogP contribution >= 0.6 is 15.9 Å². The number of carbonyl (C=O) groups excluding carboxylic acids is 1. The smallest absolute Gasteiger partial charge is 0.225 e. The van der Waals surface area contributed by atoms with Crippen LogP contribution in [0.2, 0.25) is 0 Å². The van der Waals surface area contributed by atoms with E-state index < -0.39 is 0 Å². The van der Waals surface area contributed by atoms with Crippen molar-refractivity contribution in [3.8, 4) is 11.5 Å². The highest BCUT2D eigenvalue weighted by Crippen LogP contribution is 2.30. The van der Waals surface area contributed by atoms with E-state index in [1.165, 1.54) is 0 Å². The summed E-state index contributed by atoms with van der Waals surface area (Å²) in [5, 5.41) is 6.11. The zero-order chi connectivity index (χ0) is 17.4. The molecule has 6 heteroatoms. The van der Waals surface area contributed by atoms with Crippen LogP contribution in [0.3, 0.4) is 0 Å². The Morgan fingerprint density at radius 2 is 1.83 bits per heavy atom. The summed E-state index contributed by atoms with van der Waals surface area (Å²) in [6.07, 6.45) is 0.391. The molecule has 24 heavy (non-hydrogen) atoms. The fourth-order valence-electron chi connectivity index (χ4n) is 2.27. The van der Waals surface area contributed by atoms with Crippen LogP contribution in [0.5, 0.6) is 11.5 Å². The third kappa shape index (κ3) is 5.25. The van der Waals surface area contributed by atoms with Gasteiger partial charge in [0.25, 0.3) is 0 Å². The van der Waals surface area contributed by atoms with Gasteiger partial charge in [-0.15, -0.1) is 0 Å². The average Bonchev–Trinajstić information content (AvgIpc) is 2.60. The lowest BCUT2D eigenvalue weighted by Gasteiger charge is -2.13. The first-order valence-electron chi connectivity index (χ1n) is 7.60. The second-order valence-corrected chi connectivity index (χ2v) is 6.05. The number of hydrogen-bond acceptors (Lipinski definition) is 4. The number of rotatable bonds is 8. The number of anilines is 1. The van der Waals surface area contributed by atoms with Crippen molar-refractivity contribution in [2.24, 2.45) is 0 Å². The number of para-hydroxylation sites is 1. The number of hydrogen-bond donors (Lipinski definition) is 2. The molecule has 2 aromatic carbocycles. The van der Waals surface area contributed by atoms with Crippen LogP contribution in [-0.2, 0) is 11.3 Å². The van der Waals surface area contributed by atoms with E-state index in [0.717, 1.165) is 15.7 Å². The van der Waals surface area contributed by atoms with Gasteiger partial charge in [-0.25, -0.2) is 0 Å². The van der Waals surface area contributed by atoms with Crippen LogP contribution in [0.4, 0.5) is 5.69 Å². The Labute approximate surface area is 150 Å². The van der Waals surface area contributed by atoms with Gasteiger partial charge in [0.05, 0.1) is 14.2 Å². The quantitative estimate of drug-likeness (QED) is 0.673. The zero-order valence-corrected chi connectivity index (χ0v) is 15.4. The molecule has 0 atom stereocenters. The number of methoxy groups -OCH3 is 2. The zero-order valence-electron chi connectivity index (χ0n) is 13.8. The second-order valence-electron chi connectivity index (χ2n) is 5.13. The van der Waals surface area contributed by atoms with E-state index in [0.29, 0.717) is 31.0 Å². The lowest BCUT2D eigenvalue weighted by molar-refractivity contribution is -0.116. The van der Waals surface area contributed by atoms with Crippen molar-refractivity contribution in [1.82, 2.24) is 5.32 Å². The highest BCUT2D eigenvalue weighted by molar-refractivity contribution is 9.10. The number of benzene rings is 2. The molecular formula is C18H21BrN2O3. The molecule has 0 aliphatic heterocycles. The minimum absolute atomic E-state index is 0.0255. The second kappa shape index (κ2) is 9.30. The molecule has 0 saturated heterocycles. The summed E-state index contributed by atoms with van der Waals surface area (Å²) in [6, 6.07) is 13.2. The molecule has 0 fully saturated rings. The first-order valence-corrected chi connectivity index (χ1v) is 8.39. The van der Waals surface area contributed by atoms with E-state index in [-0.39, 0.29) is 5.91 Å². The summed E-state index contributed by atoms with van der Waals surface area (Å²) in [5.41, 5.74) is 1.78. The van der Waals surface area contributed by atoms with Crippen LogP contribution < -0.4 is 20.1 Å². The topological polar surface area (TPSA) is 59.6 Å². The Balaban J connectivity index is 1.78. The number of ether oxygens (including phenoxy) is 2. The fourth-order valence-corrected chi connectivity index (χ4v) is 2.54. The van der Waals surface area contributed by atoms with Crippen molar-refractivity contribution in [3.63, 3.8) is 0 Å².